The second-order valence-corrected chi connectivity index (χ2v) is 7.24. The SMILES string of the molecule is CCn1cnc2c(NCc3ccc(Nc4ccccc4)nc3)nc(-c3cccnc3)nc21. The van der Waals surface area contributed by atoms with Crippen LogP contribution in [-0.4, -0.2) is 29.5 Å². The highest BCUT2D eigenvalue weighted by molar-refractivity contribution is 5.85. The predicted molar refractivity (Wildman–Crippen MR) is 126 cm³/mol. The van der Waals surface area contributed by atoms with Gasteiger partial charge in [0.1, 0.15) is 11.3 Å². The van der Waals surface area contributed by atoms with Crippen LogP contribution in [-0.2, 0) is 13.1 Å². The number of nitrogens with one attached hydrogen (secondary N) is 2. The Hall–Kier alpha value is -4.33. The number of aromatic nitrogens is 6. The van der Waals surface area contributed by atoms with E-state index in [9.17, 15) is 0 Å². The highest BCUT2D eigenvalue weighted by Gasteiger charge is 2.14. The van der Waals surface area contributed by atoms with Gasteiger partial charge in [-0.1, -0.05) is 24.3 Å². The summed E-state index contributed by atoms with van der Waals surface area (Å²) in [6.07, 6.45) is 7.15. The number of anilines is 3. The Morgan fingerprint density at radius 2 is 1.81 bits per heavy atom. The average Bonchev–Trinajstić information content (AvgIpc) is 3.28. The smallest absolute Gasteiger partial charge is 0.166 e. The first-order chi connectivity index (χ1) is 15.8. The lowest BCUT2D eigenvalue weighted by Crippen LogP contribution is -2.06. The van der Waals surface area contributed by atoms with Crippen LogP contribution >= 0.6 is 0 Å². The molecule has 5 rings (SSSR count). The molecule has 0 amide bonds. The minimum atomic E-state index is 0.566. The van der Waals surface area contributed by atoms with E-state index >= 15 is 0 Å². The number of aryl methyl sites for hydroxylation is 1. The molecule has 4 aromatic heterocycles. The minimum absolute atomic E-state index is 0.566. The summed E-state index contributed by atoms with van der Waals surface area (Å²) in [7, 11) is 0. The Balaban J connectivity index is 1.38. The molecule has 8 nitrogen and oxygen atoms in total. The van der Waals surface area contributed by atoms with Crippen LogP contribution in [0.2, 0.25) is 0 Å². The second-order valence-electron chi connectivity index (χ2n) is 7.24. The van der Waals surface area contributed by atoms with E-state index in [4.69, 9.17) is 9.97 Å². The maximum atomic E-state index is 4.74. The number of para-hydroxylation sites is 1. The fourth-order valence-electron chi connectivity index (χ4n) is 3.38. The fraction of sp³-hybridized carbons (Fsp3) is 0.125. The van der Waals surface area contributed by atoms with Crippen molar-refractivity contribution in [2.24, 2.45) is 0 Å². The molecule has 0 atom stereocenters. The Kier molecular flexibility index (Phi) is 5.40. The lowest BCUT2D eigenvalue weighted by molar-refractivity contribution is 0.777. The third kappa shape index (κ3) is 4.11. The van der Waals surface area contributed by atoms with Gasteiger partial charge in [-0.3, -0.25) is 4.98 Å². The zero-order valence-corrected chi connectivity index (χ0v) is 17.6. The van der Waals surface area contributed by atoms with Gasteiger partial charge in [0, 0.05) is 42.9 Å². The van der Waals surface area contributed by atoms with Crippen LogP contribution in [0.3, 0.4) is 0 Å². The molecule has 0 radical (unpaired) electrons. The Labute approximate surface area is 185 Å². The maximum Gasteiger partial charge on any atom is 0.166 e. The largest absolute Gasteiger partial charge is 0.364 e. The Morgan fingerprint density at radius 1 is 0.906 bits per heavy atom. The van der Waals surface area contributed by atoms with Gasteiger partial charge in [0.05, 0.1) is 6.33 Å². The van der Waals surface area contributed by atoms with Crippen LogP contribution in [0.25, 0.3) is 22.6 Å². The van der Waals surface area contributed by atoms with Crippen molar-refractivity contribution in [3.8, 4) is 11.4 Å². The molecule has 0 aliphatic carbocycles. The van der Waals surface area contributed by atoms with Crippen LogP contribution in [0.1, 0.15) is 12.5 Å². The Bertz CT molecular complexity index is 1320. The number of imidazole rings is 1. The number of hydrogen-bond acceptors (Lipinski definition) is 7. The predicted octanol–water partition coefficient (Wildman–Crippen LogP) is 4.66. The molecule has 4 heterocycles. The van der Waals surface area contributed by atoms with Crippen LogP contribution in [0.15, 0.2) is 79.5 Å². The summed E-state index contributed by atoms with van der Waals surface area (Å²) in [5, 5.41) is 6.71. The van der Waals surface area contributed by atoms with E-state index in [0.717, 1.165) is 40.3 Å². The number of benzene rings is 1. The molecule has 0 aliphatic heterocycles. The summed E-state index contributed by atoms with van der Waals surface area (Å²) in [5.74, 6) is 2.10. The topological polar surface area (TPSA) is 93.4 Å². The third-order valence-electron chi connectivity index (χ3n) is 5.06. The molecule has 0 spiro atoms. The van der Waals surface area contributed by atoms with Crippen LogP contribution in [0, 0.1) is 0 Å². The summed E-state index contributed by atoms with van der Waals surface area (Å²) < 4.78 is 2.01. The maximum absolute atomic E-state index is 4.74. The summed E-state index contributed by atoms with van der Waals surface area (Å²) in [5.41, 5.74) is 4.44. The van der Waals surface area contributed by atoms with Gasteiger partial charge >= 0.3 is 0 Å². The molecule has 0 aliphatic rings. The molecule has 8 heteroatoms. The molecular weight excluding hydrogens is 400 g/mol. The molecule has 5 aromatic rings. The highest BCUT2D eigenvalue weighted by Crippen LogP contribution is 2.24. The summed E-state index contributed by atoms with van der Waals surface area (Å²) in [4.78, 5) is 22.7. The molecule has 0 unspecified atom stereocenters. The van der Waals surface area contributed by atoms with E-state index < -0.39 is 0 Å². The number of rotatable bonds is 7. The molecule has 32 heavy (non-hydrogen) atoms. The van der Waals surface area contributed by atoms with E-state index in [1.807, 2.05) is 65.4 Å². The zero-order valence-electron chi connectivity index (χ0n) is 17.6. The monoisotopic (exact) mass is 422 g/mol. The van der Waals surface area contributed by atoms with Crippen molar-refractivity contribution >= 4 is 28.5 Å². The molecule has 1 aromatic carbocycles. The highest BCUT2D eigenvalue weighted by atomic mass is 15.2. The van der Waals surface area contributed by atoms with Gasteiger partial charge in [0.2, 0.25) is 0 Å². The Morgan fingerprint density at radius 3 is 2.56 bits per heavy atom. The second kappa shape index (κ2) is 8.81. The van der Waals surface area contributed by atoms with Gasteiger partial charge in [0.15, 0.2) is 17.3 Å². The molecule has 2 N–H and O–H groups in total. The van der Waals surface area contributed by atoms with Gasteiger partial charge in [-0.05, 0) is 42.8 Å². The standard InChI is InChI=1S/C24H22N8/c1-2-32-16-28-21-23(30-22(31-24(21)32)18-7-6-12-25-15-18)27-14-17-10-11-20(26-13-17)29-19-8-4-3-5-9-19/h3-13,15-16H,2,14H2,1H3,(H,26,29)(H,27,30,31). The lowest BCUT2D eigenvalue weighted by atomic mass is 10.2. The van der Waals surface area contributed by atoms with Gasteiger partial charge in [-0.25, -0.2) is 19.9 Å². The van der Waals surface area contributed by atoms with Gasteiger partial charge in [0.25, 0.3) is 0 Å². The van der Waals surface area contributed by atoms with Crippen molar-refractivity contribution in [1.29, 1.82) is 0 Å². The van der Waals surface area contributed by atoms with Crippen LogP contribution in [0.5, 0.6) is 0 Å². The van der Waals surface area contributed by atoms with Crippen molar-refractivity contribution < 1.29 is 0 Å². The quantitative estimate of drug-likeness (QED) is 0.394. The van der Waals surface area contributed by atoms with Crippen molar-refractivity contribution in [1.82, 2.24) is 29.5 Å². The number of fused-ring (bicyclic) bond motifs is 1. The van der Waals surface area contributed by atoms with Gasteiger partial charge < -0.3 is 15.2 Å². The molecule has 0 fully saturated rings. The number of pyridine rings is 2. The van der Waals surface area contributed by atoms with E-state index in [1.165, 1.54) is 0 Å². The molecular formula is C24H22N8. The molecule has 0 bridgehead atoms. The van der Waals surface area contributed by atoms with E-state index in [0.29, 0.717) is 18.2 Å². The molecule has 0 saturated heterocycles. The van der Waals surface area contributed by atoms with Gasteiger partial charge in [-0.2, -0.15) is 0 Å². The van der Waals surface area contributed by atoms with Crippen molar-refractivity contribution in [3.05, 3.63) is 85.1 Å². The molecule has 158 valence electrons. The average molecular weight is 422 g/mol. The van der Waals surface area contributed by atoms with Crippen molar-refractivity contribution in [2.75, 3.05) is 10.6 Å². The third-order valence-corrected chi connectivity index (χ3v) is 5.06. The van der Waals surface area contributed by atoms with Crippen LogP contribution in [0.4, 0.5) is 17.3 Å². The number of hydrogen-bond donors (Lipinski definition) is 2. The zero-order chi connectivity index (χ0) is 21.8. The number of nitrogens with zero attached hydrogens (tertiary/aromatic N) is 6. The van der Waals surface area contributed by atoms with E-state index in [-0.39, 0.29) is 0 Å². The van der Waals surface area contributed by atoms with Crippen molar-refractivity contribution in [3.63, 3.8) is 0 Å². The van der Waals surface area contributed by atoms with E-state index in [2.05, 4.69) is 32.5 Å². The van der Waals surface area contributed by atoms with E-state index in [1.54, 1.807) is 18.7 Å². The normalized spacial score (nSPS) is 10.9. The first-order valence-electron chi connectivity index (χ1n) is 10.4. The van der Waals surface area contributed by atoms with Gasteiger partial charge in [-0.15, -0.1) is 0 Å². The van der Waals surface area contributed by atoms with Crippen LogP contribution < -0.4 is 10.6 Å². The fourth-order valence-corrected chi connectivity index (χ4v) is 3.38. The first-order valence-corrected chi connectivity index (χ1v) is 10.4. The minimum Gasteiger partial charge on any atom is -0.364 e. The molecule has 0 saturated carbocycles. The summed E-state index contributed by atoms with van der Waals surface area (Å²) in [6.45, 7) is 3.41. The summed E-state index contributed by atoms with van der Waals surface area (Å²) >= 11 is 0. The lowest BCUT2D eigenvalue weighted by Gasteiger charge is -2.10. The van der Waals surface area contributed by atoms with Crippen molar-refractivity contribution in [2.45, 2.75) is 20.0 Å². The summed E-state index contributed by atoms with van der Waals surface area (Å²) in [6, 6.07) is 17.8. The first kappa shape index (κ1) is 19.6.